The number of hydrogen-bond donors (Lipinski definition) is 1. The molecule has 0 bridgehead atoms. The quantitative estimate of drug-likeness (QED) is 0.560. The van der Waals surface area contributed by atoms with Crippen molar-refractivity contribution in [1.82, 2.24) is 9.97 Å². The molecule has 1 aromatic carbocycles. The Morgan fingerprint density at radius 2 is 1.95 bits per heavy atom. The number of aromatic amines is 1. The molecular formula is C15H17BrN2S2. The number of thioether (sulfide) groups is 1. The Morgan fingerprint density at radius 1 is 1.30 bits per heavy atom. The molecule has 0 unspecified atom stereocenters. The number of aryl methyl sites for hydroxylation is 1. The number of nitrogens with zero attached hydrogens (tertiary/aromatic N) is 1. The van der Waals surface area contributed by atoms with Gasteiger partial charge in [-0.05, 0) is 37.1 Å². The van der Waals surface area contributed by atoms with Gasteiger partial charge in [0.1, 0.15) is 10.5 Å². The minimum atomic E-state index is 0.402. The lowest BCUT2D eigenvalue weighted by Crippen LogP contribution is -2.03. The average molecular weight is 369 g/mol. The van der Waals surface area contributed by atoms with Gasteiger partial charge >= 0.3 is 0 Å². The van der Waals surface area contributed by atoms with E-state index in [0.29, 0.717) is 5.92 Å². The van der Waals surface area contributed by atoms with Crippen LogP contribution >= 0.6 is 39.9 Å². The predicted octanol–water partition coefficient (Wildman–Crippen LogP) is 5.63. The second-order valence-electron chi connectivity index (χ2n) is 4.92. The van der Waals surface area contributed by atoms with Crippen molar-refractivity contribution < 1.29 is 0 Å². The zero-order valence-electron chi connectivity index (χ0n) is 11.7. The Labute approximate surface area is 137 Å². The molecule has 0 saturated carbocycles. The van der Waals surface area contributed by atoms with Crippen molar-refractivity contribution in [2.24, 2.45) is 0 Å². The monoisotopic (exact) mass is 368 g/mol. The predicted molar refractivity (Wildman–Crippen MR) is 92.0 cm³/mol. The van der Waals surface area contributed by atoms with Crippen molar-refractivity contribution in [3.8, 4) is 0 Å². The minimum Gasteiger partial charge on any atom is -0.346 e. The summed E-state index contributed by atoms with van der Waals surface area (Å²) in [5, 5.41) is 0. The highest BCUT2D eigenvalue weighted by molar-refractivity contribution is 9.10. The van der Waals surface area contributed by atoms with Crippen LogP contribution in [0.15, 0.2) is 33.6 Å². The number of H-pyrrole nitrogens is 1. The van der Waals surface area contributed by atoms with Crippen LogP contribution in [0.3, 0.4) is 0 Å². The molecule has 2 aromatic rings. The van der Waals surface area contributed by atoms with Gasteiger partial charge in [-0.25, -0.2) is 4.98 Å². The van der Waals surface area contributed by atoms with Gasteiger partial charge in [-0.15, -0.1) is 11.8 Å². The Bertz CT molecular complexity index is 648. The number of halogens is 1. The Kier molecular flexibility index (Phi) is 5.41. The van der Waals surface area contributed by atoms with E-state index >= 15 is 0 Å². The van der Waals surface area contributed by atoms with Crippen molar-refractivity contribution >= 4 is 39.9 Å². The third-order valence-corrected chi connectivity index (χ3v) is 4.83. The third kappa shape index (κ3) is 3.93. The lowest BCUT2D eigenvalue weighted by molar-refractivity contribution is 0.810. The van der Waals surface area contributed by atoms with Crippen LogP contribution in [0.5, 0.6) is 0 Å². The van der Waals surface area contributed by atoms with Crippen LogP contribution in [0.4, 0.5) is 0 Å². The lowest BCUT2D eigenvalue weighted by Gasteiger charge is -2.11. The van der Waals surface area contributed by atoms with E-state index in [-0.39, 0.29) is 0 Å². The van der Waals surface area contributed by atoms with Gasteiger partial charge < -0.3 is 4.98 Å². The molecule has 0 amide bonds. The molecule has 0 radical (unpaired) electrons. The zero-order chi connectivity index (χ0) is 14.7. The Morgan fingerprint density at radius 3 is 2.50 bits per heavy atom. The van der Waals surface area contributed by atoms with Crippen molar-refractivity contribution in [2.45, 2.75) is 37.3 Å². The van der Waals surface area contributed by atoms with E-state index < -0.39 is 0 Å². The molecule has 1 aromatic heterocycles. The summed E-state index contributed by atoms with van der Waals surface area (Å²) < 4.78 is 1.82. The summed E-state index contributed by atoms with van der Waals surface area (Å²) in [7, 11) is 0. The van der Waals surface area contributed by atoms with E-state index in [1.165, 1.54) is 4.90 Å². The fourth-order valence-corrected chi connectivity index (χ4v) is 3.62. The molecule has 5 heteroatoms. The van der Waals surface area contributed by atoms with Gasteiger partial charge in [-0.3, -0.25) is 0 Å². The van der Waals surface area contributed by atoms with Crippen LogP contribution in [0, 0.1) is 11.6 Å². The number of rotatable bonds is 4. The summed E-state index contributed by atoms with van der Waals surface area (Å²) in [6.07, 6.45) is 0. The fourth-order valence-electron chi connectivity index (χ4n) is 2.09. The molecule has 0 atom stereocenters. The summed E-state index contributed by atoms with van der Waals surface area (Å²) in [6, 6.07) is 8.29. The first-order chi connectivity index (χ1) is 9.47. The van der Waals surface area contributed by atoms with Gasteiger partial charge in [-0.1, -0.05) is 42.0 Å². The lowest BCUT2D eigenvalue weighted by atomic mass is 10.0. The Hall–Kier alpha value is -0.650. The van der Waals surface area contributed by atoms with Gasteiger partial charge in [-0.2, -0.15) is 0 Å². The molecule has 0 aliphatic heterocycles. The summed E-state index contributed by atoms with van der Waals surface area (Å²) in [4.78, 5) is 9.11. The largest absolute Gasteiger partial charge is 0.346 e. The van der Waals surface area contributed by atoms with Crippen LogP contribution in [-0.2, 0) is 5.75 Å². The molecule has 0 saturated heterocycles. The summed E-state index contributed by atoms with van der Waals surface area (Å²) in [6.45, 7) is 6.36. The van der Waals surface area contributed by atoms with Crippen molar-refractivity contribution in [2.75, 3.05) is 0 Å². The number of nitrogens with one attached hydrogen (secondary N) is 1. The summed E-state index contributed by atoms with van der Waals surface area (Å²) in [5.41, 5.74) is 2.28. The average Bonchev–Trinajstić information content (AvgIpc) is 2.37. The first-order valence-corrected chi connectivity index (χ1v) is 8.64. The first kappa shape index (κ1) is 15.7. The SMILES string of the molecule is Cc1[nH]c(CSc2ccc(Br)cc2)nc(=S)c1C(C)C. The molecule has 1 heterocycles. The molecule has 0 fully saturated rings. The summed E-state index contributed by atoms with van der Waals surface area (Å²) >= 11 is 10.6. The zero-order valence-corrected chi connectivity index (χ0v) is 15.0. The Balaban J connectivity index is 2.15. The maximum Gasteiger partial charge on any atom is 0.133 e. The molecule has 20 heavy (non-hydrogen) atoms. The minimum absolute atomic E-state index is 0.402. The topological polar surface area (TPSA) is 28.7 Å². The van der Waals surface area contributed by atoms with Crippen LogP contribution < -0.4 is 0 Å². The number of hydrogen-bond acceptors (Lipinski definition) is 3. The normalized spacial score (nSPS) is 11.1. The second kappa shape index (κ2) is 6.87. The van der Waals surface area contributed by atoms with Crippen molar-refractivity contribution in [3.05, 3.63) is 50.5 Å². The maximum absolute atomic E-state index is 5.40. The van der Waals surface area contributed by atoms with E-state index in [1.54, 1.807) is 11.8 Å². The van der Waals surface area contributed by atoms with E-state index in [1.807, 2.05) is 12.1 Å². The molecule has 106 valence electrons. The molecule has 0 aliphatic carbocycles. The fraction of sp³-hybridized carbons (Fsp3) is 0.333. The smallest absolute Gasteiger partial charge is 0.133 e. The molecule has 0 aliphatic rings. The summed E-state index contributed by atoms with van der Waals surface area (Å²) in [5.74, 6) is 2.13. The number of benzene rings is 1. The highest BCUT2D eigenvalue weighted by Crippen LogP contribution is 2.24. The van der Waals surface area contributed by atoms with Gasteiger partial charge in [0.2, 0.25) is 0 Å². The van der Waals surface area contributed by atoms with E-state index in [4.69, 9.17) is 12.2 Å². The molecule has 1 N–H and O–H groups in total. The highest BCUT2D eigenvalue weighted by Gasteiger charge is 2.09. The third-order valence-electron chi connectivity index (χ3n) is 2.97. The van der Waals surface area contributed by atoms with E-state index in [2.05, 4.69) is 58.8 Å². The second-order valence-corrected chi connectivity index (χ2v) is 7.28. The van der Waals surface area contributed by atoms with Gasteiger partial charge in [0.05, 0.1) is 5.75 Å². The van der Waals surface area contributed by atoms with Crippen LogP contribution in [0.1, 0.15) is 36.8 Å². The van der Waals surface area contributed by atoms with Gasteiger partial charge in [0.15, 0.2) is 0 Å². The van der Waals surface area contributed by atoms with Crippen LogP contribution in [0.25, 0.3) is 0 Å². The van der Waals surface area contributed by atoms with Gasteiger partial charge in [0, 0.05) is 20.6 Å². The van der Waals surface area contributed by atoms with Crippen molar-refractivity contribution in [1.29, 1.82) is 0 Å². The highest BCUT2D eigenvalue weighted by atomic mass is 79.9. The van der Waals surface area contributed by atoms with Crippen LogP contribution in [-0.4, -0.2) is 9.97 Å². The standard InChI is InChI=1S/C15H17BrN2S2/c1-9(2)14-10(3)17-13(18-15(14)19)8-20-12-6-4-11(16)5-7-12/h4-7,9H,8H2,1-3H3,(H,17,18,19). The van der Waals surface area contributed by atoms with E-state index in [9.17, 15) is 0 Å². The molecule has 2 nitrogen and oxygen atoms in total. The maximum atomic E-state index is 5.40. The van der Waals surface area contributed by atoms with Crippen molar-refractivity contribution in [3.63, 3.8) is 0 Å². The first-order valence-electron chi connectivity index (χ1n) is 6.45. The van der Waals surface area contributed by atoms with Crippen LogP contribution in [0.2, 0.25) is 0 Å². The molecule has 2 rings (SSSR count). The molecular weight excluding hydrogens is 352 g/mol. The number of aromatic nitrogens is 2. The molecule has 0 spiro atoms. The van der Waals surface area contributed by atoms with E-state index in [0.717, 1.165) is 31.9 Å². The van der Waals surface area contributed by atoms with Gasteiger partial charge in [0.25, 0.3) is 0 Å².